The zero-order valence-electron chi connectivity index (χ0n) is 11.7. The first-order valence-electron chi connectivity index (χ1n) is 6.83. The Balaban J connectivity index is 2.89. The van der Waals surface area contributed by atoms with Gasteiger partial charge < -0.3 is 5.11 Å². The number of hydrogen-bond donors (Lipinski definition) is 1. The lowest BCUT2D eigenvalue weighted by Gasteiger charge is -2.28. The summed E-state index contributed by atoms with van der Waals surface area (Å²) in [6.07, 6.45) is 4.12. The van der Waals surface area contributed by atoms with E-state index in [1.165, 1.54) is 5.56 Å². The Labute approximate surface area is 110 Å². The number of carboxylic acid groups (broad SMARTS) is 1. The quantitative estimate of drug-likeness (QED) is 0.785. The molecule has 18 heavy (non-hydrogen) atoms. The molecule has 0 radical (unpaired) electrons. The molecule has 0 aliphatic carbocycles. The molecule has 1 aromatic carbocycles. The lowest BCUT2D eigenvalue weighted by Crippen LogP contribution is -2.32. The SMILES string of the molecule is CCCCC(CC)(Cc1ccc(C)cc1)C(=O)O. The lowest BCUT2D eigenvalue weighted by molar-refractivity contribution is -0.149. The van der Waals surface area contributed by atoms with Crippen molar-refractivity contribution in [2.75, 3.05) is 0 Å². The third-order valence-electron chi connectivity index (χ3n) is 3.80. The molecule has 0 heterocycles. The molecule has 1 unspecified atom stereocenters. The van der Waals surface area contributed by atoms with Crippen LogP contribution < -0.4 is 0 Å². The highest BCUT2D eigenvalue weighted by atomic mass is 16.4. The predicted molar refractivity (Wildman–Crippen MR) is 74.8 cm³/mol. The van der Waals surface area contributed by atoms with E-state index >= 15 is 0 Å². The second-order valence-electron chi connectivity index (χ2n) is 5.20. The summed E-state index contributed by atoms with van der Waals surface area (Å²) in [4.78, 5) is 11.6. The first kappa shape index (κ1) is 14.7. The summed E-state index contributed by atoms with van der Waals surface area (Å²) in [5, 5.41) is 9.57. The van der Waals surface area contributed by atoms with E-state index in [0.717, 1.165) is 24.8 Å². The Hall–Kier alpha value is -1.31. The van der Waals surface area contributed by atoms with Crippen molar-refractivity contribution in [3.63, 3.8) is 0 Å². The molecule has 0 saturated carbocycles. The lowest BCUT2D eigenvalue weighted by atomic mass is 9.75. The van der Waals surface area contributed by atoms with Crippen LogP contribution in [0.1, 0.15) is 50.7 Å². The van der Waals surface area contributed by atoms with Gasteiger partial charge in [-0.25, -0.2) is 0 Å². The third-order valence-corrected chi connectivity index (χ3v) is 3.80. The second-order valence-corrected chi connectivity index (χ2v) is 5.20. The van der Waals surface area contributed by atoms with Gasteiger partial charge in [-0.05, 0) is 31.7 Å². The van der Waals surface area contributed by atoms with Crippen LogP contribution >= 0.6 is 0 Å². The number of aryl methyl sites for hydroxylation is 1. The fourth-order valence-corrected chi connectivity index (χ4v) is 2.34. The van der Waals surface area contributed by atoms with Crippen LogP contribution in [0, 0.1) is 12.3 Å². The van der Waals surface area contributed by atoms with Gasteiger partial charge in [-0.3, -0.25) is 4.79 Å². The van der Waals surface area contributed by atoms with Gasteiger partial charge in [0.2, 0.25) is 0 Å². The highest BCUT2D eigenvalue weighted by molar-refractivity contribution is 5.75. The molecule has 0 spiro atoms. The number of hydrogen-bond acceptors (Lipinski definition) is 1. The van der Waals surface area contributed by atoms with Crippen molar-refractivity contribution >= 4 is 5.97 Å². The summed E-state index contributed by atoms with van der Waals surface area (Å²) in [6.45, 7) is 6.14. The zero-order valence-corrected chi connectivity index (χ0v) is 11.7. The molecule has 0 aliphatic rings. The molecule has 0 amide bonds. The number of carbonyl (C=O) groups is 1. The standard InChI is InChI=1S/C16H24O2/c1-4-6-11-16(5-2,15(17)18)12-14-9-7-13(3)8-10-14/h7-10H,4-6,11-12H2,1-3H3,(H,17,18). The fraction of sp³-hybridized carbons (Fsp3) is 0.562. The zero-order chi connectivity index (χ0) is 13.6. The monoisotopic (exact) mass is 248 g/mol. The van der Waals surface area contributed by atoms with E-state index in [9.17, 15) is 9.90 Å². The van der Waals surface area contributed by atoms with Gasteiger partial charge in [0.15, 0.2) is 0 Å². The van der Waals surface area contributed by atoms with Gasteiger partial charge in [-0.1, -0.05) is 56.5 Å². The molecular formula is C16H24O2. The molecule has 1 atom stereocenters. The Morgan fingerprint density at radius 3 is 2.28 bits per heavy atom. The number of rotatable bonds is 7. The Bertz CT molecular complexity index is 381. The molecule has 1 rings (SSSR count). The van der Waals surface area contributed by atoms with Crippen LogP contribution in [0.25, 0.3) is 0 Å². The van der Waals surface area contributed by atoms with Crippen molar-refractivity contribution in [3.8, 4) is 0 Å². The van der Waals surface area contributed by atoms with E-state index in [1.54, 1.807) is 0 Å². The van der Waals surface area contributed by atoms with E-state index in [-0.39, 0.29) is 0 Å². The third kappa shape index (κ3) is 3.59. The molecule has 2 heteroatoms. The predicted octanol–water partition coefficient (Wildman–Crippen LogP) is 4.21. The van der Waals surface area contributed by atoms with E-state index in [4.69, 9.17) is 0 Å². The highest BCUT2D eigenvalue weighted by Gasteiger charge is 2.35. The Kier molecular flexibility index (Phi) is 5.39. The maximum atomic E-state index is 11.6. The molecular weight excluding hydrogens is 224 g/mol. The van der Waals surface area contributed by atoms with Gasteiger partial charge in [0.05, 0.1) is 5.41 Å². The highest BCUT2D eigenvalue weighted by Crippen LogP contribution is 2.33. The Morgan fingerprint density at radius 1 is 1.22 bits per heavy atom. The smallest absolute Gasteiger partial charge is 0.309 e. The molecule has 0 aromatic heterocycles. The van der Waals surface area contributed by atoms with Crippen LogP contribution in [0.2, 0.25) is 0 Å². The minimum absolute atomic E-state index is 0.592. The summed E-state index contributed by atoms with van der Waals surface area (Å²) in [5.41, 5.74) is 1.75. The summed E-state index contributed by atoms with van der Waals surface area (Å²) in [5.74, 6) is -0.654. The maximum absolute atomic E-state index is 11.6. The van der Waals surface area contributed by atoms with Crippen LogP contribution in [-0.4, -0.2) is 11.1 Å². The van der Waals surface area contributed by atoms with Gasteiger partial charge in [0, 0.05) is 0 Å². The summed E-state index contributed by atoms with van der Waals surface area (Å²) in [7, 11) is 0. The minimum Gasteiger partial charge on any atom is -0.481 e. The van der Waals surface area contributed by atoms with Crippen LogP contribution in [0.4, 0.5) is 0 Å². The van der Waals surface area contributed by atoms with Crippen molar-refractivity contribution in [3.05, 3.63) is 35.4 Å². The number of carboxylic acids is 1. The normalized spacial score (nSPS) is 14.2. The van der Waals surface area contributed by atoms with Gasteiger partial charge in [0.1, 0.15) is 0 Å². The van der Waals surface area contributed by atoms with Gasteiger partial charge in [-0.15, -0.1) is 0 Å². The second kappa shape index (κ2) is 6.58. The molecule has 0 bridgehead atoms. The molecule has 100 valence electrons. The van der Waals surface area contributed by atoms with Gasteiger partial charge in [-0.2, -0.15) is 0 Å². The van der Waals surface area contributed by atoms with Crippen molar-refractivity contribution in [1.29, 1.82) is 0 Å². The minimum atomic E-state index is -0.654. The Morgan fingerprint density at radius 2 is 1.83 bits per heavy atom. The van der Waals surface area contributed by atoms with Gasteiger partial charge >= 0.3 is 5.97 Å². The van der Waals surface area contributed by atoms with E-state index in [0.29, 0.717) is 12.8 Å². The average molecular weight is 248 g/mol. The summed E-state index contributed by atoms with van der Waals surface area (Å²) < 4.78 is 0. The topological polar surface area (TPSA) is 37.3 Å². The van der Waals surface area contributed by atoms with E-state index in [1.807, 2.05) is 13.8 Å². The molecule has 2 nitrogen and oxygen atoms in total. The maximum Gasteiger partial charge on any atom is 0.309 e. The first-order chi connectivity index (χ1) is 8.54. The largest absolute Gasteiger partial charge is 0.481 e. The number of unbranched alkanes of at least 4 members (excludes halogenated alkanes) is 1. The van der Waals surface area contributed by atoms with Crippen LogP contribution in [0.3, 0.4) is 0 Å². The van der Waals surface area contributed by atoms with E-state index < -0.39 is 11.4 Å². The van der Waals surface area contributed by atoms with Crippen LogP contribution in [-0.2, 0) is 11.2 Å². The van der Waals surface area contributed by atoms with E-state index in [2.05, 4.69) is 31.2 Å². The molecule has 1 N–H and O–H groups in total. The number of benzene rings is 1. The number of aliphatic carboxylic acids is 1. The molecule has 1 aromatic rings. The molecule has 0 aliphatic heterocycles. The van der Waals surface area contributed by atoms with Crippen molar-refractivity contribution in [2.24, 2.45) is 5.41 Å². The summed E-state index contributed by atoms with van der Waals surface area (Å²) >= 11 is 0. The van der Waals surface area contributed by atoms with Crippen LogP contribution in [0.15, 0.2) is 24.3 Å². The summed E-state index contributed by atoms with van der Waals surface area (Å²) in [6, 6.07) is 8.21. The first-order valence-corrected chi connectivity index (χ1v) is 6.83. The van der Waals surface area contributed by atoms with Crippen molar-refractivity contribution < 1.29 is 9.90 Å². The van der Waals surface area contributed by atoms with Crippen molar-refractivity contribution in [1.82, 2.24) is 0 Å². The van der Waals surface area contributed by atoms with Crippen LogP contribution in [0.5, 0.6) is 0 Å². The molecule has 0 saturated heterocycles. The average Bonchev–Trinajstić information content (AvgIpc) is 2.36. The van der Waals surface area contributed by atoms with Gasteiger partial charge in [0.25, 0.3) is 0 Å². The fourth-order valence-electron chi connectivity index (χ4n) is 2.34. The van der Waals surface area contributed by atoms with Crippen molar-refractivity contribution in [2.45, 2.75) is 52.9 Å². The molecule has 0 fully saturated rings.